The third-order valence-corrected chi connectivity index (χ3v) is 2.49. The van der Waals surface area contributed by atoms with Crippen LogP contribution in [-0.2, 0) is 12.8 Å². The lowest BCUT2D eigenvalue weighted by Crippen LogP contribution is -2.04. The van der Waals surface area contributed by atoms with Gasteiger partial charge in [0.25, 0.3) is 0 Å². The molecule has 1 rings (SSSR count). The molecule has 0 unspecified atom stereocenters. The second-order valence-electron chi connectivity index (χ2n) is 3.49. The predicted octanol–water partition coefficient (Wildman–Crippen LogP) is 2.29. The molecular formula is C12H18FNO. The molecule has 3 heteroatoms. The smallest absolute Gasteiger partial charge is 0.127 e. The van der Waals surface area contributed by atoms with Crippen molar-refractivity contribution >= 4 is 0 Å². The molecule has 0 amide bonds. The van der Waals surface area contributed by atoms with Crippen LogP contribution >= 0.6 is 0 Å². The fraction of sp³-hybridized carbons (Fsp3) is 0.500. The van der Waals surface area contributed by atoms with Gasteiger partial charge in [0.05, 0.1) is 7.11 Å². The molecule has 0 saturated heterocycles. The van der Waals surface area contributed by atoms with E-state index in [1.165, 1.54) is 6.07 Å². The first-order chi connectivity index (χ1) is 7.22. The van der Waals surface area contributed by atoms with Crippen molar-refractivity contribution in [2.75, 3.05) is 13.7 Å². The number of nitrogens with two attached hydrogens (primary N) is 1. The summed E-state index contributed by atoms with van der Waals surface area (Å²) in [7, 11) is 1.57. The number of hydrogen-bond acceptors (Lipinski definition) is 2. The van der Waals surface area contributed by atoms with Crippen LogP contribution in [0, 0.1) is 5.82 Å². The van der Waals surface area contributed by atoms with Crippen LogP contribution in [0.5, 0.6) is 5.75 Å². The van der Waals surface area contributed by atoms with E-state index < -0.39 is 0 Å². The van der Waals surface area contributed by atoms with E-state index >= 15 is 0 Å². The molecule has 0 aliphatic heterocycles. The van der Waals surface area contributed by atoms with E-state index in [-0.39, 0.29) is 5.82 Å². The molecule has 0 atom stereocenters. The van der Waals surface area contributed by atoms with Gasteiger partial charge in [-0.3, -0.25) is 0 Å². The monoisotopic (exact) mass is 211 g/mol. The number of halogens is 1. The summed E-state index contributed by atoms with van der Waals surface area (Å²) in [4.78, 5) is 0. The molecule has 15 heavy (non-hydrogen) atoms. The highest BCUT2D eigenvalue weighted by molar-refractivity contribution is 5.41. The Bertz CT molecular complexity index is 326. The maximum Gasteiger partial charge on any atom is 0.127 e. The fourth-order valence-corrected chi connectivity index (χ4v) is 1.76. The average Bonchev–Trinajstić information content (AvgIpc) is 2.25. The first-order valence-corrected chi connectivity index (χ1v) is 5.28. The summed E-state index contributed by atoms with van der Waals surface area (Å²) in [5.74, 6) is 0.403. The molecular weight excluding hydrogens is 193 g/mol. The van der Waals surface area contributed by atoms with Crippen molar-refractivity contribution in [3.63, 3.8) is 0 Å². The maximum atomic E-state index is 13.2. The van der Waals surface area contributed by atoms with Crippen molar-refractivity contribution in [3.8, 4) is 5.75 Å². The minimum Gasteiger partial charge on any atom is -0.496 e. The highest BCUT2D eigenvalue weighted by Crippen LogP contribution is 2.25. The Morgan fingerprint density at radius 1 is 1.40 bits per heavy atom. The van der Waals surface area contributed by atoms with E-state index in [2.05, 4.69) is 0 Å². The first-order valence-electron chi connectivity index (χ1n) is 5.28. The summed E-state index contributed by atoms with van der Waals surface area (Å²) in [6.07, 6.45) is 2.54. The largest absolute Gasteiger partial charge is 0.496 e. The third-order valence-electron chi connectivity index (χ3n) is 2.49. The topological polar surface area (TPSA) is 35.2 Å². The number of ether oxygens (including phenoxy) is 1. The molecule has 0 aromatic heterocycles. The maximum absolute atomic E-state index is 13.2. The van der Waals surface area contributed by atoms with Gasteiger partial charge in [0.2, 0.25) is 0 Å². The minimum absolute atomic E-state index is 0.240. The summed E-state index contributed by atoms with van der Waals surface area (Å²) in [5.41, 5.74) is 7.56. The van der Waals surface area contributed by atoms with Gasteiger partial charge in [-0.05, 0) is 43.0 Å². The number of benzene rings is 1. The highest BCUT2D eigenvalue weighted by atomic mass is 19.1. The molecule has 0 bridgehead atoms. The summed E-state index contributed by atoms with van der Waals surface area (Å²) < 4.78 is 18.4. The Balaban J connectivity index is 3.05. The summed E-state index contributed by atoms with van der Waals surface area (Å²) in [6, 6.07) is 3.02. The van der Waals surface area contributed by atoms with Crippen LogP contribution in [0.2, 0.25) is 0 Å². The zero-order chi connectivity index (χ0) is 11.3. The van der Waals surface area contributed by atoms with E-state index in [0.717, 1.165) is 30.4 Å². The molecule has 1 aromatic carbocycles. The molecule has 2 nitrogen and oxygen atoms in total. The van der Waals surface area contributed by atoms with Crippen molar-refractivity contribution in [1.29, 1.82) is 0 Å². The van der Waals surface area contributed by atoms with Crippen LogP contribution in [0.25, 0.3) is 0 Å². The Morgan fingerprint density at radius 2 is 2.13 bits per heavy atom. The Kier molecular flexibility index (Phi) is 4.56. The second-order valence-corrected chi connectivity index (χ2v) is 3.49. The Labute approximate surface area is 90.2 Å². The van der Waals surface area contributed by atoms with Crippen LogP contribution in [0.4, 0.5) is 4.39 Å². The lowest BCUT2D eigenvalue weighted by atomic mass is 9.99. The van der Waals surface area contributed by atoms with E-state index in [0.29, 0.717) is 12.3 Å². The second kappa shape index (κ2) is 5.71. The Hall–Kier alpha value is -1.09. The van der Waals surface area contributed by atoms with Gasteiger partial charge in [-0.2, -0.15) is 0 Å². The number of aryl methyl sites for hydroxylation is 1. The summed E-state index contributed by atoms with van der Waals surface area (Å²) in [5, 5.41) is 0. The molecule has 0 spiro atoms. The van der Waals surface area contributed by atoms with Gasteiger partial charge in [-0.1, -0.05) is 6.92 Å². The van der Waals surface area contributed by atoms with Crippen molar-refractivity contribution < 1.29 is 9.13 Å². The van der Waals surface area contributed by atoms with Crippen LogP contribution in [0.15, 0.2) is 12.1 Å². The summed E-state index contributed by atoms with van der Waals surface area (Å²) in [6.45, 7) is 2.67. The van der Waals surface area contributed by atoms with Gasteiger partial charge in [-0.15, -0.1) is 0 Å². The fourth-order valence-electron chi connectivity index (χ4n) is 1.76. The SMILES string of the molecule is CCc1c(CCCN)cc(F)cc1OC. The van der Waals surface area contributed by atoms with Gasteiger partial charge in [0.15, 0.2) is 0 Å². The van der Waals surface area contributed by atoms with E-state index in [4.69, 9.17) is 10.5 Å². The number of methoxy groups -OCH3 is 1. The predicted molar refractivity (Wildman–Crippen MR) is 59.7 cm³/mol. The number of rotatable bonds is 5. The van der Waals surface area contributed by atoms with Crippen LogP contribution < -0.4 is 10.5 Å². The van der Waals surface area contributed by atoms with E-state index in [1.807, 2.05) is 6.92 Å². The standard InChI is InChI=1S/C12H18FNO/c1-3-11-9(5-4-6-14)7-10(13)8-12(11)15-2/h7-8H,3-6,14H2,1-2H3. The summed E-state index contributed by atoms with van der Waals surface area (Å²) >= 11 is 0. The zero-order valence-corrected chi connectivity index (χ0v) is 9.35. The minimum atomic E-state index is -0.240. The molecule has 2 N–H and O–H groups in total. The van der Waals surface area contributed by atoms with Crippen LogP contribution in [0.1, 0.15) is 24.5 Å². The normalized spacial score (nSPS) is 10.4. The van der Waals surface area contributed by atoms with Crippen LogP contribution in [-0.4, -0.2) is 13.7 Å². The molecule has 0 heterocycles. The molecule has 0 fully saturated rings. The van der Waals surface area contributed by atoms with Crippen molar-refractivity contribution in [3.05, 3.63) is 29.1 Å². The van der Waals surface area contributed by atoms with Crippen molar-refractivity contribution in [1.82, 2.24) is 0 Å². The third kappa shape index (κ3) is 2.93. The Morgan fingerprint density at radius 3 is 2.67 bits per heavy atom. The number of hydrogen-bond donors (Lipinski definition) is 1. The van der Waals surface area contributed by atoms with E-state index in [9.17, 15) is 4.39 Å². The molecule has 0 aliphatic carbocycles. The van der Waals surface area contributed by atoms with E-state index in [1.54, 1.807) is 13.2 Å². The lowest BCUT2D eigenvalue weighted by molar-refractivity contribution is 0.405. The molecule has 0 aliphatic rings. The lowest BCUT2D eigenvalue weighted by Gasteiger charge is -2.12. The van der Waals surface area contributed by atoms with Gasteiger partial charge in [0, 0.05) is 6.07 Å². The van der Waals surface area contributed by atoms with Gasteiger partial charge >= 0.3 is 0 Å². The van der Waals surface area contributed by atoms with Gasteiger partial charge in [-0.25, -0.2) is 4.39 Å². The molecule has 0 radical (unpaired) electrons. The molecule has 0 saturated carbocycles. The zero-order valence-electron chi connectivity index (χ0n) is 9.35. The molecule has 1 aromatic rings. The van der Waals surface area contributed by atoms with Gasteiger partial charge in [0.1, 0.15) is 11.6 Å². The van der Waals surface area contributed by atoms with Crippen molar-refractivity contribution in [2.24, 2.45) is 5.73 Å². The first kappa shape index (κ1) is 12.0. The molecule has 84 valence electrons. The highest BCUT2D eigenvalue weighted by Gasteiger charge is 2.09. The quantitative estimate of drug-likeness (QED) is 0.811. The van der Waals surface area contributed by atoms with Crippen molar-refractivity contribution in [2.45, 2.75) is 26.2 Å². The van der Waals surface area contributed by atoms with Gasteiger partial charge < -0.3 is 10.5 Å². The average molecular weight is 211 g/mol. The van der Waals surface area contributed by atoms with Crippen LogP contribution in [0.3, 0.4) is 0 Å².